The molecule has 4 heterocycles. The Hall–Kier alpha value is -8.09. The van der Waals surface area contributed by atoms with Crippen LogP contribution in [0.15, 0.2) is 191 Å². The highest BCUT2D eigenvalue weighted by Crippen LogP contribution is 2.44. The third kappa shape index (κ3) is 4.77. The molecule has 0 saturated heterocycles. The van der Waals surface area contributed by atoms with Crippen LogP contribution in [0.25, 0.3) is 127 Å². The van der Waals surface area contributed by atoms with E-state index in [1.165, 1.54) is 10.8 Å². The fourth-order valence-electron chi connectivity index (χ4n) is 9.14. The zero-order valence-electron chi connectivity index (χ0n) is 31.4. The average molecular weight is 755 g/mol. The van der Waals surface area contributed by atoms with Gasteiger partial charge >= 0.3 is 0 Å². The van der Waals surface area contributed by atoms with Crippen LogP contribution in [0.4, 0.5) is 0 Å². The quantitative estimate of drug-likeness (QED) is 0.179. The Morgan fingerprint density at radius 1 is 0.339 bits per heavy atom. The summed E-state index contributed by atoms with van der Waals surface area (Å²) >= 11 is 0. The normalized spacial score (nSPS) is 12.1. The Balaban J connectivity index is 1.17. The first kappa shape index (κ1) is 32.0. The van der Waals surface area contributed by atoms with Crippen molar-refractivity contribution in [2.45, 2.75) is 0 Å². The smallest absolute Gasteiger partial charge is 0.166 e. The highest BCUT2D eigenvalue weighted by atomic mass is 16.3. The van der Waals surface area contributed by atoms with Crippen molar-refractivity contribution in [3.63, 3.8) is 0 Å². The first-order valence-electron chi connectivity index (χ1n) is 19.8. The SMILES string of the molecule is c1ccc2cc3c(cc2c1)c1ccccc1n3-c1c(-c2nc(-c3ccc4oc5ccccc5c4c3)nc(-c3cccc4ccccc34)n2)ccc2oc3ccccc3c12. The van der Waals surface area contributed by atoms with Crippen LogP contribution >= 0.6 is 0 Å². The fourth-order valence-corrected chi connectivity index (χ4v) is 9.14. The minimum Gasteiger partial charge on any atom is -0.456 e. The van der Waals surface area contributed by atoms with Crippen LogP contribution < -0.4 is 0 Å². The zero-order chi connectivity index (χ0) is 38.6. The Morgan fingerprint density at radius 2 is 0.932 bits per heavy atom. The van der Waals surface area contributed by atoms with Crippen molar-refractivity contribution >= 4 is 87.2 Å². The fraction of sp³-hybridized carbons (Fsp3) is 0. The van der Waals surface area contributed by atoms with Gasteiger partial charge in [0, 0.05) is 43.6 Å². The maximum absolute atomic E-state index is 6.60. The van der Waals surface area contributed by atoms with Gasteiger partial charge in [0.05, 0.1) is 22.1 Å². The maximum atomic E-state index is 6.60. The maximum Gasteiger partial charge on any atom is 0.166 e. The predicted molar refractivity (Wildman–Crippen MR) is 240 cm³/mol. The van der Waals surface area contributed by atoms with Gasteiger partial charge in [-0.05, 0) is 82.2 Å². The molecule has 0 aliphatic rings. The standard InChI is InChI=1S/C53H30N4O2/c1-2-14-33-30-44-41(28-32(33)13-1)36-17-5-8-21-43(36)57(44)50-40(25-27-48-49(50)39-19-7-10-23-46(39)59-48)53-55-51(34-24-26-47-42(29-34)37-18-6-9-22-45(37)58-47)54-52(56-53)38-20-11-15-31-12-3-4-16-35(31)38/h1-30H. The highest BCUT2D eigenvalue weighted by Gasteiger charge is 2.25. The van der Waals surface area contributed by atoms with Gasteiger partial charge in [0.2, 0.25) is 0 Å². The monoisotopic (exact) mass is 754 g/mol. The minimum atomic E-state index is 0.559. The average Bonchev–Trinajstić information content (AvgIpc) is 3.97. The molecular formula is C53H30N4O2. The van der Waals surface area contributed by atoms with E-state index >= 15 is 0 Å². The second kappa shape index (κ2) is 12.2. The molecule has 4 aromatic heterocycles. The zero-order valence-corrected chi connectivity index (χ0v) is 31.4. The van der Waals surface area contributed by atoms with Crippen LogP contribution in [0.3, 0.4) is 0 Å². The van der Waals surface area contributed by atoms with Gasteiger partial charge < -0.3 is 13.4 Å². The number of fused-ring (bicyclic) bond motifs is 11. The summed E-state index contributed by atoms with van der Waals surface area (Å²) in [6.45, 7) is 0. The molecule has 0 atom stereocenters. The topological polar surface area (TPSA) is 69.9 Å². The number of hydrogen-bond donors (Lipinski definition) is 0. The first-order valence-corrected chi connectivity index (χ1v) is 19.8. The summed E-state index contributed by atoms with van der Waals surface area (Å²) in [7, 11) is 0. The van der Waals surface area contributed by atoms with Crippen molar-refractivity contribution < 1.29 is 8.83 Å². The number of furan rings is 2. The molecule has 0 aliphatic carbocycles. The van der Waals surface area contributed by atoms with Gasteiger partial charge in [-0.2, -0.15) is 0 Å². The van der Waals surface area contributed by atoms with Gasteiger partial charge in [0.15, 0.2) is 17.5 Å². The molecule has 0 saturated carbocycles. The van der Waals surface area contributed by atoms with Crippen LogP contribution in [0.1, 0.15) is 0 Å². The molecule has 0 N–H and O–H groups in total. The van der Waals surface area contributed by atoms with E-state index in [9.17, 15) is 0 Å². The van der Waals surface area contributed by atoms with E-state index in [2.05, 4.69) is 144 Å². The lowest BCUT2D eigenvalue weighted by Crippen LogP contribution is -2.04. The molecule has 0 spiro atoms. The van der Waals surface area contributed by atoms with Crippen molar-refractivity contribution in [1.29, 1.82) is 0 Å². The third-order valence-corrected chi connectivity index (χ3v) is 11.8. The van der Waals surface area contributed by atoms with Gasteiger partial charge in [0.25, 0.3) is 0 Å². The number of benzene rings is 9. The lowest BCUT2D eigenvalue weighted by atomic mass is 10.0. The van der Waals surface area contributed by atoms with Gasteiger partial charge in [0.1, 0.15) is 22.3 Å². The summed E-state index contributed by atoms with van der Waals surface area (Å²) in [6.07, 6.45) is 0. The predicted octanol–water partition coefficient (Wildman–Crippen LogP) is 14.1. The highest BCUT2D eigenvalue weighted by molar-refractivity contribution is 6.18. The Kier molecular flexibility index (Phi) is 6.63. The molecule has 0 fully saturated rings. The van der Waals surface area contributed by atoms with Crippen molar-refractivity contribution in [3.8, 4) is 39.9 Å². The molecule has 0 amide bonds. The summed E-state index contributed by atoms with van der Waals surface area (Å²) in [6, 6.07) is 63.3. The summed E-state index contributed by atoms with van der Waals surface area (Å²) < 4.78 is 15.2. The van der Waals surface area contributed by atoms with Crippen LogP contribution in [0.5, 0.6) is 0 Å². The summed E-state index contributed by atoms with van der Waals surface area (Å²) in [4.78, 5) is 16.1. The number of hydrogen-bond acceptors (Lipinski definition) is 5. The lowest BCUT2D eigenvalue weighted by molar-refractivity contribution is 0.668. The lowest BCUT2D eigenvalue weighted by Gasteiger charge is -2.16. The van der Waals surface area contributed by atoms with E-state index in [4.69, 9.17) is 23.8 Å². The van der Waals surface area contributed by atoms with E-state index in [0.29, 0.717) is 17.5 Å². The van der Waals surface area contributed by atoms with Gasteiger partial charge in [-0.15, -0.1) is 0 Å². The number of para-hydroxylation sites is 3. The Bertz CT molecular complexity index is 3870. The largest absolute Gasteiger partial charge is 0.456 e. The van der Waals surface area contributed by atoms with Gasteiger partial charge in [-0.3, -0.25) is 0 Å². The molecule has 0 unspecified atom stereocenters. The summed E-state index contributed by atoms with van der Waals surface area (Å²) in [5.41, 5.74) is 9.05. The van der Waals surface area contributed by atoms with Crippen LogP contribution in [0.2, 0.25) is 0 Å². The molecule has 0 aliphatic heterocycles. The first-order chi connectivity index (χ1) is 29.2. The molecule has 6 heteroatoms. The van der Waals surface area contributed by atoms with Gasteiger partial charge in [-0.25, -0.2) is 15.0 Å². The van der Waals surface area contributed by atoms with Crippen molar-refractivity contribution in [1.82, 2.24) is 19.5 Å². The van der Waals surface area contributed by atoms with E-state index in [-0.39, 0.29) is 0 Å². The number of aromatic nitrogens is 4. The van der Waals surface area contributed by atoms with Crippen LogP contribution in [-0.2, 0) is 0 Å². The van der Waals surface area contributed by atoms with E-state index < -0.39 is 0 Å². The molecule has 59 heavy (non-hydrogen) atoms. The van der Waals surface area contributed by atoms with E-state index in [1.807, 2.05) is 42.5 Å². The summed E-state index contributed by atoms with van der Waals surface area (Å²) in [5, 5.41) is 10.9. The van der Waals surface area contributed by atoms with Crippen molar-refractivity contribution in [2.75, 3.05) is 0 Å². The number of nitrogens with zero attached hydrogens (tertiary/aromatic N) is 4. The second-order valence-corrected chi connectivity index (χ2v) is 15.1. The second-order valence-electron chi connectivity index (χ2n) is 15.1. The molecule has 0 radical (unpaired) electrons. The number of rotatable bonds is 4. The van der Waals surface area contributed by atoms with E-state index in [1.54, 1.807) is 0 Å². The van der Waals surface area contributed by atoms with Crippen molar-refractivity contribution in [2.24, 2.45) is 0 Å². The third-order valence-electron chi connectivity index (χ3n) is 11.8. The minimum absolute atomic E-state index is 0.559. The molecule has 6 nitrogen and oxygen atoms in total. The molecule has 274 valence electrons. The summed E-state index contributed by atoms with van der Waals surface area (Å²) in [5.74, 6) is 1.72. The Morgan fingerprint density at radius 3 is 1.78 bits per heavy atom. The Labute approximate surface area is 336 Å². The van der Waals surface area contributed by atoms with Gasteiger partial charge in [-0.1, -0.05) is 121 Å². The molecule has 9 aromatic carbocycles. The molecule has 13 aromatic rings. The van der Waals surface area contributed by atoms with Crippen LogP contribution in [0, 0.1) is 0 Å². The van der Waals surface area contributed by atoms with E-state index in [0.717, 1.165) is 98.8 Å². The molecule has 13 rings (SSSR count). The van der Waals surface area contributed by atoms with Crippen molar-refractivity contribution in [3.05, 3.63) is 182 Å². The molecule has 0 bridgehead atoms. The van der Waals surface area contributed by atoms with Crippen LogP contribution in [-0.4, -0.2) is 19.5 Å². The molecular weight excluding hydrogens is 725 g/mol.